The first-order chi connectivity index (χ1) is 9.60. The molecule has 0 saturated heterocycles. The third-order valence-corrected chi connectivity index (χ3v) is 3.06. The van der Waals surface area contributed by atoms with Crippen LogP contribution in [-0.4, -0.2) is 18.2 Å². The van der Waals surface area contributed by atoms with Gasteiger partial charge in [-0.1, -0.05) is 17.3 Å². The molecule has 0 unspecified atom stereocenters. The van der Waals surface area contributed by atoms with E-state index < -0.39 is 0 Å². The van der Waals surface area contributed by atoms with Crippen molar-refractivity contribution < 1.29 is 18.8 Å². The Morgan fingerprint density at radius 3 is 2.50 bits per heavy atom. The van der Waals surface area contributed by atoms with Crippen LogP contribution in [0.2, 0.25) is 0 Å². The number of methoxy groups -OCH3 is 1. The van der Waals surface area contributed by atoms with Gasteiger partial charge in [0.05, 0.1) is 24.8 Å². The summed E-state index contributed by atoms with van der Waals surface area (Å²) in [6.07, 6.45) is 0.265. The van der Waals surface area contributed by atoms with Crippen LogP contribution in [0.1, 0.15) is 22.6 Å². The van der Waals surface area contributed by atoms with Crippen LogP contribution >= 0.6 is 0 Å². The molecule has 0 radical (unpaired) electrons. The van der Waals surface area contributed by atoms with E-state index in [0.29, 0.717) is 6.61 Å². The van der Waals surface area contributed by atoms with Gasteiger partial charge in [0, 0.05) is 0 Å². The number of carbonyl (C=O) groups excluding carboxylic acids is 1. The first-order valence-electron chi connectivity index (χ1n) is 6.30. The van der Waals surface area contributed by atoms with Crippen molar-refractivity contribution in [1.29, 1.82) is 0 Å². The Hall–Kier alpha value is -2.30. The van der Waals surface area contributed by atoms with E-state index in [0.717, 1.165) is 28.3 Å². The van der Waals surface area contributed by atoms with Crippen LogP contribution in [-0.2, 0) is 22.6 Å². The second-order valence-corrected chi connectivity index (χ2v) is 4.49. The predicted octanol–water partition coefficient (Wildman–Crippen LogP) is 2.59. The minimum atomic E-state index is -0.255. The molecule has 0 aliphatic carbocycles. The molecule has 0 N–H and O–H groups in total. The lowest BCUT2D eigenvalue weighted by atomic mass is 10.1. The Morgan fingerprint density at radius 1 is 1.25 bits per heavy atom. The fourth-order valence-corrected chi connectivity index (χ4v) is 1.81. The summed E-state index contributed by atoms with van der Waals surface area (Å²) >= 11 is 0. The molecule has 5 nitrogen and oxygen atoms in total. The Bertz CT molecular complexity index is 567. The smallest absolute Gasteiger partial charge is 0.309 e. The van der Waals surface area contributed by atoms with Gasteiger partial charge in [-0.15, -0.1) is 0 Å². The van der Waals surface area contributed by atoms with Crippen LogP contribution in [0, 0.1) is 13.8 Å². The summed E-state index contributed by atoms with van der Waals surface area (Å²) in [4.78, 5) is 11.2. The van der Waals surface area contributed by atoms with E-state index >= 15 is 0 Å². The van der Waals surface area contributed by atoms with Gasteiger partial charge >= 0.3 is 5.97 Å². The quantitative estimate of drug-likeness (QED) is 0.785. The van der Waals surface area contributed by atoms with Crippen molar-refractivity contribution in [3.8, 4) is 5.75 Å². The van der Waals surface area contributed by atoms with E-state index in [1.807, 2.05) is 38.1 Å². The Kier molecular flexibility index (Phi) is 4.40. The van der Waals surface area contributed by atoms with Gasteiger partial charge in [-0.05, 0) is 31.5 Å². The van der Waals surface area contributed by atoms with Gasteiger partial charge in [-0.25, -0.2) is 0 Å². The average Bonchev–Trinajstić information content (AvgIpc) is 2.77. The number of aromatic nitrogens is 1. The van der Waals surface area contributed by atoms with Gasteiger partial charge in [0.15, 0.2) is 0 Å². The number of rotatable bonds is 5. The summed E-state index contributed by atoms with van der Waals surface area (Å²) < 4.78 is 15.4. The molecule has 0 aliphatic rings. The van der Waals surface area contributed by atoms with Crippen LogP contribution in [0.25, 0.3) is 0 Å². The molecule has 1 heterocycles. The van der Waals surface area contributed by atoms with E-state index in [2.05, 4.69) is 9.89 Å². The van der Waals surface area contributed by atoms with Crippen molar-refractivity contribution in [2.45, 2.75) is 26.9 Å². The summed E-state index contributed by atoms with van der Waals surface area (Å²) in [7, 11) is 1.38. The highest BCUT2D eigenvalue weighted by Gasteiger charge is 2.09. The zero-order valence-corrected chi connectivity index (χ0v) is 11.8. The molecule has 106 valence electrons. The van der Waals surface area contributed by atoms with Crippen LogP contribution in [0.15, 0.2) is 28.8 Å². The Balaban J connectivity index is 1.96. The lowest BCUT2D eigenvalue weighted by molar-refractivity contribution is -0.139. The van der Waals surface area contributed by atoms with E-state index in [1.165, 1.54) is 7.11 Å². The van der Waals surface area contributed by atoms with Crippen molar-refractivity contribution in [3.63, 3.8) is 0 Å². The third kappa shape index (κ3) is 3.38. The fraction of sp³-hybridized carbons (Fsp3) is 0.333. The third-order valence-electron chi connectivity index (χ3n) is 3.06. The normalized spacial score (nSPS) is 10.3. The Morgan fingerprint density at radius 2 is 1.95 bits per heavy atom. The maximum Gasteiger partial charge on any atom is 0.309 e. The molecule has 0 fully saturated rings. The molecular weight excluding hydrogens is 258 g/mol. The topological polar surface area (TPSA) is 61.6 Å². The van der Waals surface area contributed by atoms with Crippen LogP contribution in [0.4, 0.5) is 0 Å². The molecule has 0 amide bonds. The Labute approximate surface area is 117 Å². The number of hydrogen-bond donors (Lipinski definition) is 0. The minimum absolute atomic E-state index is 0.255. The monoisotopic (exact) mass is 275 g/mol. The minimum Gasteiger partial charge on any atom is -0.489 e. The first kappa shape index (κ1) is 14.1. The fourth-order valence-electron chi connectivity index (χ4n) is 1.81. The average molecular weight is 275 g/mol. The van der Waals surface area contributed by atoms with E-state index in [4.69, 9.17) is 9.26 Å². The second kappa shape index (κ2) is 6.23. The lowest BCUT2D eigenvalue weighted by Gasteiger charge is -2.06. The number of ether oxygens (including phenoxy) is 2. The summed E-state index contributed by atoms with van der Waals surface area (Å²) in [6, 6.07) is 7.35. The van der Waals surface area contributed by atoms with E-state index in [9.17, 15) is 4.79 Å². The van der Waals surface area contributed by atoms with E-state index in [1.54, 1.807) is 0 Å². The molecule has 2 aromatic rings. The van der Waals surface area contributed by atoms with E-state index in [-0.39, 0.29) is 12.4 Å². The number of esters is 1. The second-order valence-electron chi connectivity index (χ2n) is 4.49. The highest BCUT2D eigenvalue weighted by Crippen LogP contribution is 2.18. The predicted molar refractivity (Wildman–Crippen MR) is 72.5 cm³/mol. The molecule has 2 rings (SSSR count). The molecule has 0 atom stereocenters. The molecule has 0 bridgehead atoms. The maximum atomic E-state index is 11.2. The number of aryl methyl sites for hydroxylation is 2. The summed E-state index contributed by atoms with van der Waals surface area (Å²) in [5.74, 6) is 1.25. The van der Waals surface area contributed by atoms with Crippen molar-refractivity contribution in [2.24, 2.45) is 0 Å². The maximum absolute atomic E-state index is 11.2. The van der Waals surface area contributed by atoms with Gasteiger partial charge in [0.1, 0.15) is 18.1 Å². The molecule has 1 aromatic heterocycles. The van der Waals surface area contributed by atoms with Crippen LogP contribution in [0.3, 0.4) is 0 Å². The summed E-state index contributed by atoms with van der Waals surface area (Å²) in [6.45, 7) is 4.16. The number of hydrogen-bond acceptors (Lipinski definition) is 5. The lowest BCUT2D eigenvalue weighted by Crippen LogP contribution is -2.04. The van der Waals surface area contributed by atoms with Gasteiger partial charge in [-0.2, -0.15) is 0 Å². The largest absolute Gasteiger partial charge is 0.489 e. The van der Waals surface area contributed by atoms with Crippen LogP contribution < -0.4 is 4.74 Å². The first-order valence-corrected chi connectivity index (χ1v) is 6.30. The highest BCUT2D eigenvalue weighted by molar-refractivity contribution is 5.72. The van der Waals surface area contributed by atoms with Crippen molar-refractivity contribution in [3.05, 3.63) is 46.8 Å². The molecule has 0 saturated carbocycles. The zero-order chi connectivity index (χ0) is 14.5. The van der Waals surface area contributed by atoms with Crippen LogP contribution in [0.5, 0.6) is 5.75 Å². The number of benzene rings is 1. The molecule has 20 heavy (non-hydrogen) atoms. The van der Waals surface area contributed by atoms with Gasteiger partial charge in [0.25, 0.3) is 0 Å². The molecule has 0 spiro atoms. The SMILES string of the molecule is COC(=O)Cc1ccc(OCc2c(C)noc2C)cc1. The van der Waals surface area contributed by atoms with Gasteiger partial charge in [-0.3, -0.25) is 4.79 Å². The molecule has 1 aromatic carbocycles. The summed E-state index contributed by atoms with van der Waals surface area (Å²) in [5.41, 5.74) is 2.69. The highest BCUT2D eigenvalue weighted by atomic mass is 16.5. The van der Waals surface area contributed by atoms with Crippen molar-refractivity contribution in [2.75, 3.05) is 7.11 Å². The standard InChI is InChI=1S/C15H17NO4/c1-10-14(11(2)20-16-10)9-19-13-6-4-12(5-7-13)8-15(17)18-3/h4-7H,8-9H2,1-3H3. The van der Waals surface area contributed by atoms with Crippen molar-refractivity contribution >= 4 is 5.97 Å². The molecule has 5 heteroatoms. The zero-order valence-electron chi connectivity index (χ0n) is 11.8. The van der Waals surface area contributed by atoms with Crippen molar-refractivity contribution in [1.82, 2.24) is 5.16 Å². The molecule has 0 aliphatic heterocycles. The van der Waals surface area contributed by atoms with Gasteiger partial charge in [0.2, 0.25) is 0 Å². The van der Waals surface area contributed by atoms with Gasteiger partial charge < -0.3 is 14.0 Å². The summed E-state index contributed by atoms with van der Waals surface area (Å²) in [5, 5.41) is 3.88. The molecular formula is C15H17NO4. The number of nitrogens with zero attached hydrogens (tertiary/aromatic N) is 1. The number of carbonyl (C=O) groups is 1.